The van der Waals surface area contributed by atoms with Gasteiger partial charge >= 0.3 is 0 Å². The molecule has 18 heavy (non-hydrogen) atoms. The molecule has 1 aromatic heterocycles. The first kappa shape index (κ1) is 13.7. The highest BCUT2D eigenvalue weighted by atomic mass is 79.9. The lowest BCUT2D eigenvalue weighted by Crippen LogP contribution is -2.39. The Bertz CT molecular complexity index is 441. The number of hydrogen-bond acceptors (Lipinski definition) is 3. The van der Waals surface area contributed by atoms with Gasteiger partial charge in [-0.05, 0) is 42.6 Å². The van der Waals surface area contributed by atoms with E-state index >= 15 is 0 Å². The van der Waals surface area contributed by atoms with Gasteiger partial charge < -0.3 is 5.73 Å². The van der Waals surface area contributed by atoms with Gasteiger partial charge in [0, 0.05) is 18.0 Å². The van der Waals surface area contributed by atoms with E-state index in [9.17, 15) is 4.79 Å². The Labute approximate surface area is 116 Å². The fourth-order valence-corrected chi connectivity index (χ4v) is 3.09. The van der Waals surface area contributed by atoms with Gasteiger partial charge in [-0.1, -0.05) is 12.8 Å². The minimum atomic E-state index is -0.0516. The van der Waals surface area contributed by atoms with Gasteiger partial charge in [-0.2, -0.15) is 5.10 Å². The van der Waals surface area contributed by atoms with Gasteiger partial charge in [0.1, 0.15) is 5.69 Å². The highest BCUT2D eigenvalue weighted by Crippen LogP contribution is 2.29. The molecular formula is C13H20BrN3O. The summed E-state index contributed by atoms with van der Waals surface area (Å²) in [5.41, 5.74) is 6.77. The van der Waals surface area contributed by atoms with E-state index in [-0.39, 0.29) is 23.8 Å². The van der Waals surface area contributed by atoms with E-state index in [4.69, 9.17) is 5.73 Å². The number of aromatic nitrogens is 2. The number of ketones is 1. The van der Waals surface area contributed by atoms with E-state index in [1.807, 2.05) is 13.8 Å². The van der Waals surface area contributed by atoms with Crippen LogP contribution in [0.5, 0.6) is 0 Å². The highest BCUT2D eigenvalue weighted by Gasteiger charge is 2.32. The number of Topliss-reactive ketones (excluding diaryl/α,β-unsaturated/α-hetero) is 1. The zero-order valence-electron chi connectivity index (χ0n) is 10.9. The van der Waals surface area contributed by atoms with Crippen molar-refractivity contribution in [1.29, 1.82) is 0 Å². The van der Waals surface area contributed by atoms with Crippen LogP contribution in [0.1, 0.15) is 56.1 Å². The van der Waals surface area contributed by atoms with Crippen LogP contribution in [-0.4, -0.2) is 21.6 Å². The molecule has 5 heteroatoms. The summed E-state index contributed by atoms with van der Waals surface area (Å²) < 4.78 is 2.56. The van der Waals surface area contributed by atoms with Crippen LogP contribution in [-0.2, 0) is 0 Å². The van der Waals surface area contributed by atoms with E-state index in [0.717, 1.165) is 30.2 Å². The first-order valence-corrected chi connectivity index (χ1v) is 7.34. The number of rotatable bonds is 3. The molecule has 0 bridgehead atoms. The zero-order valence-corrected chi connectivity index (χ0v) is 12.5. The fraction of sp³-hybridized carbons (Fsp3) is 0.692. The maximum Gasteiger partial charge on any atom is 0.186 e. The Hall–Kier alpha value is -0.680. The number of halogens is 1. The van der Waals surface area contributed by atoms with Gasteiger partial charge in [-0.15, -0.1) is 0 Å². The molecule has 0 radical (unpaired) electrons. The minimum absolute atomic E-state index is 0.00587. The van der Waals surface area contributed by atoms with E-state index in [2.05, 4.69) is 21.0 Å². The first-order chi connectivity index (χ1) is 8.52. The van der Waals surface area contributed by atoms with Crippen molar-refractivity contribution in [2.75, 3.05) is 0 Å². The number of nitrogens with two attached hydrogens (primary N) is 1. The van der Waals surface area contributed by atoms with E-state index < -0.39 is 0 Å². The third kappa shape index (κ3) is 2.52. The number of hydrogen-bond donors (Lipinski definition) is 1. The highest BCUT2D eigenvalue weighted by molar-refractivity contribution is 9.10. The smallest absolute Gasteiger partial charge is 0.186 e. The molecule has 0 spiro atoms. The predicted octanol–water partition coefficient (Wildman–Crippen LogP) is 2.93. The molecule has 4 nitrogen and oxygen atoms in total. The van der Waals surface area contributed by atoms with Crippen molar-refractivity contribution in [3.8, 4) is 0 Å². The van der Waals surface area contributed by atoms with Gasteiger partial charge in [0.2, 0.25) is 0 Å². The third-order valence-corrected chi connectivity index (χ3v) is 4.21. The van der Waals surface area contributed by atoms with Gasteiger partial charge in [0.05, 0.1) is 10.7 Å². The van der Waals surface area contributed by atoms with Crippen LogP contribution in [0.4, 0.5) is 0 Å². The molecular weight excluding hydrogens is 294 g/mol. The summed E-state index contributed by atoms with van der Waals surface area (Å²) in [4.78, 5) is 12.6. The average molecular weight is 314 g/mol. The monoisotopic (exact) mass is 313 g/mol. The lowest BCUT2D eigenvalue weighted by atomic mass is 9.81. The summed E-state index contributed by atoms with van der Waals surface area (Å²) in [6.07, 6.45) is 5.77. The number of nitrogens with zero attached hydrogens (tertiary/aromatic N) is 2. The normalized spacial score (nSPS) is 24.5. The Morgan fingerprint density at radius 3 is 2.78 bits per heavy atom. The molecule has 2 N–H and O–H groups in total. The molecule has 0 saturated heterocycles. The van der Waals surface area contributed by atoms with Crippen molar-refractivity contribution >= 4 is 21.7 Å². The second kappa shape index (κ2) is 5.53. The predicted molar refractivity (Wildman–Crippen MR) is 74.6 cm³/mol. The number of carbonyl (C=O) groups excluding carboxylic acids is 1. The van der Waals surface area contributed by atoms with Gasteiger partial charge in [0.25, 0.3) is 0 Å². The van der Waals surface area contributed by atoms with E-state index in [0.29, 0.717) is 5.69 Å². The van der Waals surface area contributed by atoms with Crippen LogP contribution in [0, 0.1) is 5.92 Å². The molecule has 1 aliphatic carbocycles. The quantitative estimate of drug-likeness (QED) is 0.873. The minimum Gasteiger partial charge on any atom is -0.327 e. The lowest BCUT2D eigenvalue weighted by molar-refractivity contribution is 0.0857. The molecule has 0 aromatic carbocycles. The molecule has 1 fully saturated rings. The van der Waals surface area contributed by atoms with Crippen molar-refractivity contribution in [2.45, 2.75) is 51.6 Å². The van der Waals surface area contributed by atoms with Crippen molar-refractivity contribution in [3.63, 3.8) is 0 Å². The Morgan fingerprint density at radius 1 is 1.50 bits per heavy atom. The number of carbonyl (C=O) groups is 1. The van der Waals surface area contributed by atoms with Crippen LogP contribution >= 0.6 is 15.9 Å². The van der Waals surface area contributed by atoms with Crippen LogP contribution < -0.4 is 5.73 Å². The standard InChI is InChI=1S/C13H20BrN3O/c1-8(2)17-12(10(14)7-16-17)13(18)9-5-3-4-6-11(9)15/h7-9,11H,3-6,15H2,1-2H3. The molecule has 1 aromatic rings. The maximum atomic E-state index is 12.6. The summed E-state index contributed by atoms with van der Waals surface area (Å²) in [5.74, 6) is 0.0875. The van der Waals surface area contributed by atoms with Gasteiger partial charge in [-0.3, -0.25) is 9.48 Å². The van der Waals surface area contributed by atoms with Crippen LogP contribution in [0.2, 0.25) is 0 Å². The van der Waals surface area contributed by atoms with Crippen molar-refractivity contribution in [2.24, 2.45) is 11.7 Å². The maximum absolute atomic E-state index is 12.6. The summed E-state index contributed by atoms with van der Waals surface area (Å²) in [6.45, 7) is 4.05. The Kier molecular flexibility index (Phi) is 4.22. The fourth-order valence-electron chi connectivity index (χ4n) is 2.62. The molecule has 2 atom stereocenters. The zero-order chi connectivity index (χ0) is 13.3. The van der Waals surface area contributed by atoms with Crippen molar-refractivity contribution in [3.05, 3.63) is 16.4 Å². The largest absolute Gasteiger partial charge is 0.327 e. The third-order valence-electron chi connectivity index (χ3n) is 3.63. The molecule has 1 heterocycles. The SMILES string of the molecule is CC(C)n1ncc(Br)c1C(=O)C1CCCCC1N. The van der Waals surface area contributed by atoms with Crippen LogP contribution in [0.15, 0.2) is 10.7 Å². The summed E-state index contributed by atoms with van der Waals surface area (Å²) >= 11 is 3.43. The van der Waals surface area contributed by atoms with Crippen LogP contribution in [0.3, 0.4) is 0 Å². The molecule has 100 valence electrons. The topological polar surface area (TPSA) is 60.9 Å². The molecule has 1 aliphatic rings. The summed E-state index contributed by atoms with van der Waals surface area (Å²) in [7, 11) is 0. The second-order valence-electron chi connectivity index (χ2n) is 5.30. The summed E-state index contributed by atoms with van der Waals surface area (Å²) in [6, 6.07) is 0.170. The van der Waals surface area contributed by atoms with Crippen LogP contribution in [0.25, 0.3) is 0 Å². The average Bonchev–Trinajstić information content (AvgIpc) is 2.71. The van der Waals surface area contributed by atoms with E-state index in [1.54, 1.807) is 10.9 Å². The second-order valence-corrected chi connectivity index (χ2v) is 6.15. The molecule has 2 rings (SSSR count). The van der Waals surface area contributed by atoms with E-state index in [1.165, 1.54) is 0 Å². The molecule has 0 aliphatic heterocycles. The Balaban J connectivity index is 2.30. The summed E-state index contributed by atoms with van der Waals surface area (Å²) in [5, 5.41) is 4.26. The molecule has 2 unspecified atom stereocenters. The Morgan fingerprint density at radius 2 is 2.17 bits per heavy atom. The van der Waals surface area contributed by atoms with Gasteiger partial charge in [0.15, 0.2) is 5.78 Å². The van der Waals surface area contributed by atoms with Crippen molar-refractivity contribution < 1.29 is 4.79 Å². The first-order valence-electron chi connectivity index (χ1n) is 6.55. The lowest BCUT2D eigenvalue weighted by Gasteiger charge is -2.27. The van der Waals surface area contributed by atoms with Crippen molar-refractivity contribution in [1.82, 2.24) is 9.78 Å². The molecule has 1 saturated carbocycles. The molecule has 0 amide bonds. The van der Waals surface area contributed by atoms with Gasteiger partial charge in [-0.25, -0.2) is 0 Å².